The van der Waals surface area contributed by atoms with Gasteiger partial charge in [0.05, 0.1) is 6.54 Å². The lowest BCUT2D eigenvalue weighted by atomic mass is 9.92. The lowest BCUT2D eigenvalue weighted by Crippen LogP contribution is -2.27. The van der Waals surface area contributed by atoms with Crippen molar-refractivity contribution in [3.05, 3.63) is 112 Å². The summed E-state index contributed by atoms with van der Waals surface area (Å²) in [5.41, 5.74) is 7.00. The highest BCUT2D eigenvalue weighted by molar-refractivity contribution is 5.93. The Morgan fingerprint density at radius 1 is 0.970 bits per heavy atom. The number of hydrogen-bond donors (Lipinski definition) is 1. The number of carbonyl (C=O) groups excluding carboxylic acids is 1. The van der Waals surface area contributed by atoms with Crippen LogP contribution in [-0.4, -0.2) is 10.5 Å². The molecule has 1 aliphatic rings. The molecule has 0 aliphatic heterocycles. The molecule has 1 amide bonds. The van der Waals surface area contributed by atoms with Crippen LogP contribution in [-0.2, 0) is 17.8 Å². The van der Waals surface area contributed by atoms with Crippen molar-refractivity contribution in [1.82, 2.24) is 4.57 Å². The predicted octanol–water partition coefficient (Wildman–Crippen LogP) is 4.96. The highest BCUT2D eigenvalue weighted by Gasteiger charge is 2.29. The zero-order chi connectivity index (χ0) is 22.9. The summed E-state index contributed by atoms with van der Waals surface area (Å²) in [4.78, 5) is 25.0. The fraction of sp³-hybridized carbons (Fsp3) is 0.107. The molecule has 0 saturated heterocycles. The molecule has 3 aromatic carbocycles. The van der Waals surface area contributed by atoms with Crippen molar-refractivity contribution in [1.29, 1.82) is 5.26 Å². The first kappa shape index (κ1) is 20.5. The topological polar surface area (TPSA) is 74.9 Å². The van der Waals surface area contributed by atoms with Crippen LogP contribution in [0.4, 0.5) is 5.69 Å². The minimum atomic E-state index is -0.283. The Morgan fingerprint density at radius 3 is 2.36 bits per heavy atom. The van der Waals surface area contributed by atoms with Crippen LogP contribution in [0, 0.1) is 11.3 Å². The third-order valence-electron chi connectivity index (χ3n) is 6.01. The van der Waals surface area contributed by atoms with Gasteiger partial charge < -0.3 is 9.88 Å². The van der Waals surface area contributed by atoms with E-state index < -0.39 is 0 Å². The molecule has 1 aliphatic carbocycles. The first-order valence-corrected chi connectivity index (χ1v) is 10.8. The van der Waals surface area contributed by atoms with E-state index in [-0.39, 0.29) is 17.0 Å². The van der Waals surface area contributed by atoms with Crippen LogP contribution in [0.3, 0.4) is 0 Å². The van der Waals surface area contributed by atoms with Gasteiger partial charge >= 0.3 is 0 Å². The number of aromatic nitrogens is 1. The zero-order valence-electron chi connectivity index (χ0n) is 18.1. The number of amides is 1. The molecule has 1 aromatic heterocycles. The molecule has 160 valence electrons. The first-order valence-electron chi connectivity index (χ1n) is 10.8. The van der Waals surface area contributed by atoms with Crippen LogP contribution >= 0.6 is 0 Å². The van der Waals surface area contributed by atoms with Gasteiger partial charge in [-0.15, -0.1) is 0 Å². The number of carbonyl (C=O) groups is 1. The average Bonchev–Trinajstić information content (AvgIpc) is 3.21. The minimum absolute atomic E-state index is 0.133. The molecule has 1 heterocycles. The normalized spacial score (nSPS) is 11.4. The second-order valence-corrected chi connectivity index (χ2v) is 8.15. The summed E-state index contributed by atoms with van der Waals surface area (Å²) in [7, 11) is 0. The van der Waals surface area contributed by atoms with Crippen LogP contribution < -0.4 is 10.9 Å². The summed E-state index contributed by atoms with van der Waals surface area (Å²) in [5, 5.41) is 12.8. The zero-order valence-corrected chi connectivity index (χ0v) is 18.1. The van der Waals surface area contributed by atoms with Crippen molar-refractivity contribution in [3.8, 4) is 28.3 Å². The van der Waals surface area contributed by atoms with Gasteiger partial charge in [0.2, 0.25) is 5.91 Å². The van der Waals surface area contributed by atoms with E-state index >= 15 is 0 Å². The molecule has 0 fully saturated rings. The highest BCUT2D eigenvalue weighted by Crippen LogP contribution is 2.43. The molecule has 5 nitrogen and oxygen atoms in total. The molecular weight excluding hydrogens is 410 g/mol. The van der Waals surface area contributed by atoms with Crippen molar-refractivity contribution < 1.29 is 4.79 Å². The highest BCUT2D eigenvalue weighted by atomic mass is 16.1. The fourth-order valence-corrected chi connectivity index (χ4v) is 4.59. The second kappa shape index (κ2) is 8.25. The van der Waals surface area contributed by atoms with Crippen molar-refractivity contribution in [2.45, 2.75) is 19.9 Å². The number of benzene rings is 3. The second-order valence-electron chi connectivity index (χ2n) is 8.15. The Hall–Kier alpha value is -4.43. The van der Waals surface area contributed by atoms with Crippen LogP contribution in [0.5, 0.6) is 0 Å². The van der Waals surface area contributed by atoms with Gasteiger partial charge in [0.25, 0.3) is 5.56 Å². The molecule has 0 radical (unpaired) electrons. The van der Waals surface area contributed by atoms with Crippen LogP contribution in [0.1, 0.15) is 29.3 Å². The molecule has 0 unspecified atom stereocenters. The summed E-state index contributed by atoms with van der Waals surface area (Å²) in [6.07, 6.45) is 0.635. The Kier molecular flexibility index (Phi) is 5.12. The van der Waals surface area contributed by atoms with Gasteiger partial charge in [-0.2, -0.15) is 5.26 Å². The Morgan fingerprint density at radius 2 is 1.67 bits per heavy atom. The van der Waals surface area contributed by atoms with Crippen molar-refractivity contribution in [2.75, 3.05) is 5.32 Å². The molecule has 5 rings (SSSR count). The van der Waals surface area contributed by atoms with Gasteiger partial charge in [0.1, 0.15) is 11.6 Å². The molecule has 0 bridgehead atoms. The van der Waals surface area contributed by atoms with Gasteiger partial charge in [0.15, 0.2) is 0 Å². The Labute approximate surface area is 191 Å². The predicted molar refractivity (Wildman–Crippen MR) is 129 cm³/mol. The summed E-state index contributed by atoms with van der Waals surface area (Å²) in [6, 6.07) is 27.4. The van der Waals surface area contributed by atoms with Crippen LogP contribution in [0.15, 0.2) is 83.7 Å². The monoisotopic (exact) mass is 431 g/mol. The number of rotatable bonds is 4. The van der Waals surface area contributed by atoms with Crippen LogP contribution in [0.25, 0.3) is 22.3 Å². The molecule has 4 aromatic rings. The Bertz CT molecular complexity index is 1480. The lowest BCUT2D eigenvalue weighted by molar-refractivity contribution is -0.114. The molecule has 0 saturated carbocycles. The number of hydrogen-bond acceptors (Lipinski definition) is 3. The maximum absolute atomic E-state index is 13.6. The standard InChI is InChI=1S/C28H21N3O2/c1-18(32)30-22-13-11-20(12-14-22)26-24(16-29)28(33)31(17-19-7-3-2-4-8-19)25-15-21-9-5-6-10-23(21)27(25)26/h2-14H,15,17H2,1H3,(H,30,32). The minimum Gasteiger partial charge on any atom is -0.326 e. The summed E-state index contributed by atoms with van der Waals surface area (Å²) >= 11 is 0. The maximum Gasteiger partial charge on any atom is 0.269 e. The van der Waals surface area contributed by atoms with Crippen molar-refractivity contribution >= 4 is 11.6 Å². The molecule has 0 spiro atoms. The number of nitriles is 1. The number of nitrogens with one attached hydrogen (secondary N) is 1. The van der Waals surface area contributed by atoms with Gasteiger partial charge in [-0.25, -0.2) is 0 Å². The van der Waals surface area contributed by atoms with Gasteiger partial charge in [-0.1, -0.05) is 66.7 Å². The molecular formula is C28H21N3O2. The van der Waals surface area contributed by atoms with E-state index in [1.807, 2.05) is 54.6 Å². The lowest BCUT2D eigenvalue weighted by Gasteiger charge is -2.18. The third-order valence-corrected chi connectivity index (χ3v) is 6.01. The smallest absolute Gasteiger partial charge is 0.269 e. The van der Waals surface area contributed by atoms with Crippen LogP contribution in [0.2, 0.25) is 0 Å². The number of nitrogens with zero attached hydrogens (tertiary/aromatic N) is 2. The molecule has 33 heavy (non-hydrogen) atoms. The summed E-state index contributed by atoms with van der Waals surface area (Å²) in [5.74, 6) is -0.154. The SMILES string of the molecule is CC(=O)Nc1ccc(-c2c3c(n(Cc4ccccc4)c(=O)c2C#N)Cc2ccccc2-3)cc1. The van der Waals surface area contributed by atoms with E-state index in [1.54, 1.807) is 16.7 Å². The number of fused-ring (bicyclic) bond motifs is 3. The molecule has 1 N–H and O–H groups in total. The van der Waals surface area contributed by atoms with Crippen molar-refractivity contribution in [2.24, 2.45) is 0 Å². The largest absolute Gasteiger partial charge is 0.326 e. The molecule has 5 heteroatoms. The quantitative estimate of drug-likeness (QED) is 0.437. The summed E-state index contributed by atoms with van der Waals surface area (Å²) in [6.45, 7) is 1.87. The van der Waals surface area contributed by atoms with Gasteiger partial charge in [0, 0.05) is 35.9 Å². The maximum atomic E-state index is 13.6. The van der Waals surface area contributed by atoms with E-state index in [2.05, 4.69) is 23.5 Å². The van der Waals surface area contributed by atoms with Gasteiger partial charge in [-0.05, 0) is 34.4 Å². The fourth-order valence-electron chi connectivity index (χ4n) is 4.59. The van der Waals surface area contributed by atoms with E-state index in [0.717, 1.165) is 33.5 Å². The van der Waals surface area contributed by atoms with E-state index in [1.165, 1.54) is 6.92 Å². The summed E-state index contributed by atoms with van der Waals surface area (Å²) < 4.78 is 1.75. The van der Waals surface area contributed by atoms with E-state index in [4.69, 9.17) is 0 Å². The number of anilines is 1. The number of pyridine rings is 1. The van der Waals surface area contributed by atoms with Gasteiger partial charge in [-0.3, -0.25) is 9.59 Å². The third kappa shape index (κ3) is 3.62. The Balaban J connectivity index is 1.76. The average molecular weight is 431 g/mol. The van der Waals surface area contributed by atoms with E-state index in [0.29, 0.717) is 24.2 Å². The van der Waals surface area contributed by atoms with E-state index in [9.17, 15) is 14.9 Å². The molecule has 0 atom stereocenters. The first-order chi connectivity index (χ1) is 16.1. The van der Waals surface area contributed by atoms with Crippen molar-refractivity contribution in [3.63, 3.8) is 0 Å².